The van der Waals surface area contributed by atoms with Crippen LogP contribution in [-0.2, 0) is 0 Å². The van der Waals surface area contributed by atoms with Gasteiger partial charge in [-0.2, -0.15) is 0 Å². The molecule has 96 valence electrons. The lowest BCUT2D eigenvalue weighted by molar-refractivity contribution is 0.773. The van der Waals surface area contributed by atoms with Crippen LogP contribution in [0.25, 0.3) is 0 Å². The lowest BCUT2D eigenvalue weighted by atomic mass is 10.2. The Morgan fingerprint density at radius 2 is 2.11 bits per heavy atom. The third-order valence-electron chi connectivity index (χ3n) is 3.34. The van der Waals surface area contributed by atoms with Gasteiger partial charge in [0, 0.05) is 5.25 Å². The summed E-state index contributed by atoms with van der Waals surface area (Å²) in [5.74, 6) is 0.863. The van der Waals surface area contributed by atoms with Crippen molar-refractivity contribution < 1.29 is 0 Å². The van der Waals surface area contributed by atoms with Gasteiger partial charge in [-0.15, -0.1) is 0 Å². The molecule has 1 N–H and O–H groups in total. The van der Waals surface area contributed by atoms with Crippen LogP contribution in [0, 0.1) is 12.8 Å². The lowest BCUT2D eigenvalue weighted by Gasteiger charge is -2.12. The predicted molar refractivity (Wildman–Crippen MR) is 81.2 cm³/mol. The quantitative estimate of drug-likeness (QED) is 0.863. The first kappa shape index (κ1) is 12.6. The highest BCUT2D eigenvalue weighted by atomic mass is 35.5. The van der Waals surface area contributed by atoms with Gasteiger partial charge in [-0.25, -0.2) is 0 Å². The fourth-order valence-electron chi connectivity index (χ4n) is 2.05. The van der Waals surface area contributed by atoms with Crippen LogP contribution in [0.1, 0.15) is 18.4 Å². The summed E-state index contributed by atoms with van der Waals surface area (Å²) in [7, 11) is 0. The molecule has 3 rings (SSSR count). The summed E-state index contributed by atoms with van der Waals surface area (Å²) in [5, 5.41) is 6.20. The minimum Gasteiger partial charge on any atom is -0.333 e. The smallest absolute Gasteiger partial charge is 0.161 e. The first-order valence-corrected chi connectivity index (χ1v) is 7.71. The van der Waals surface area contributed by atoms with Crippen molar-refractivity contribution in [3.8, 4) is 0 Å². The number of amidine groups is 1. The van der Waals surface area contributed by atoms with Crippen LogP contribution in [-0.4, -0.2) is 17.0 Å². The molecule has 1 unspecified atom stereocenters. The highest BCUT2D eigenvalue weighted by Crippen LogP contribution is 2.42. The normalized spacial score (nSPS) is 23.1. The molecule has 1 aromatic rings. The van der Waals surface area contributed by atoms with E-state index in [1.807, 2.05) is 30.8 Å². The Labute approximate surface area is 121 Å². The first-order valence-electron chi connectivity index (χ1n) is 6.08. The molecule has 1 aliphatic carbocycles. The molecule has 0 radical (unpaired) electrons. The van der Waals surface area contributed by atoms with Crippen LogP contribution in [0.3, 0.4) is 0 Å². The number of nitrogens with zero attached hydrogens (tertiary/aromatic N) is 1. The van der Waals surface area contributed by atoms with E-state index < -0.39 is 0 Å². The van der Waals surface area contributed by atoms with E-state index in [0.717, 1.165) is 28.9 Å². The zero-order chi connectivity index (χ0) is 12.7. The third-order valence-corrected chi connectivity index (χ3v) is 5.43. The fourth-order valence-corrected chi connectivity index (χ4v) is 3.73. The molecule has 1 aromatic carbocycles. The van der Waals surface area contributed by atoms with E-state index in [9.17, 15) is 0 Å². The largest absolute Gasteiger partial charge is 0.333 e. The van der Waals surface area contributed by atoms with Gasteiger partial charge in [-0.05, 0) is 37.3 Å². The number of hydrogen-bond donors (Lipinski definition) is 1. The van der Waals surface area contributed by atoms with Crippen LogP contribution >= 0.6 is 35.0 Å². The maximum absolute atomic E-state index is 6.28. The molecule has 1 fully saturated rings. The van der Waals surface area contributed by atoms with Crippen molar-refractivity contribution in [2.75, 3.05) is 11.9 Å². The highest BCUT2D eigenvalue weighted by molar-refractivity contribution is 8.15. The topological polar surface area (TPSA) is 24.4 Å². The number of thioether (sulfide) groups is 1. The Morgan fingerprint density at radius 3 is 2.83 bits per heavy atom. The zero-order valence-electron chi connectivity index (χ0n) is 10.0. The molecule has 18 heavy (non-hydrogen) atoms. The predicted octanol–water partition coefficient (Wildman–Crippen LogP) is 4.60. The second-order valence-electron chi connectivity index (χ2n) is 4.82. The van der Waals surface area contributed by atoms with Gasteiger partial charge >= 0.3 is 0 Å². The van der Waals surface area contributed by atoms with Gasteiger partial charge in [0.15, 0.2) is 5.17 Å². The number of rotatable bonds is 2. The Kier molecular flexibility index (Phi) is 3.48. The second-order valence-corrected chi connectivity index (χ2v) is 6.83. The Bertz CT molecular complexity index is 512. The molecule has 1 atom stereocenters. The Hall–Kier alpha value is -0.380. The number of aryl methyl sites for hydroxylation is 1. The van der Waals surface area contributed by atoms with Crippen LogP contribution in [0.5, 0.6) is 0 Å². The maximum atomic E-state index is 6.28. The highest BCUT2D eigenvalue weighted by Gasteiger charge is 2.35. The number of aliphatic imine (C=N–C) groups is 1. The monoisotopic (exact) mass is 300 g/mol. The van der Waals surface area contributed by atoms with E-state index in [1.54, 1.807) is 0 Å². The second kappa shape index (κ2) is 4.95. The van der Waals surface area contributed by atoms with Gasteiger partial charge in [0.1, 0.15) is 0 Å². The summed E-state index contributed by atoms with van der Waals surface area (Å²) < 4.78 is 0. The van der Waals surface area contributed by atoms with Crippen LogP contribution < -0.4 is 5.32 Å². The molecule has 5 heteroatoms. The van der Waals surface area contributed by atoms with Gasteiger partial charge in [0.05, 0.1) is 22.3 Å². The van der Waals surface area contributed by atoms with E-state index >= 15 is 0 Å². The van der Waals surface area contributed by atoms with Gasteiger partial charge in [0.25, 0.3) is 0 Å². The summed E-state index contributed by atoms with van der Waals surface area (Å²) in [5.41, 5.74) is 1.80. The summed E-state index contributed by atoms with van der Waals surface area (Å²) in [6.07, 6.45) is 2.71. The minimum absolute atomic E-state index is 0.642. The van der Waals surface area contributed by atoms with Crippen molar-refractivity contribution in [3.63, 3.8) is 0 Å². The number of benzene rings is 1. The minimum atomic E-state index is 0.642. The molecule has 1 heterocycles. The van der Waals surface area contributed by atoms with Crippen molar-refractivity contribution >= 4 is 45.8 Å². The molecule has 2 nitrogen and oxygen atoms in total. The Balaban J connectivity index is 1.75. The summed E-state index contributed by atoms with van der Waals surface area (Å²) >= 11 is 14.3. The van der Waals surface area contributed by atoms with Crippen molar-refractivity contribution in [1.82, 2.24) is 0 Å². The molecule has 0 bridgehead atoms. The SMILES string of the molecule is Cc1ccc(Cl)c(NC2=NCC(C3CC3)S2)c1Cl. The van der Waals surface area contributed by atoms with E-state index in [0.29, 0.717) is 15.3 Å². The van der Waals surface area contributed by atoms with Crippen molar-refractivity contribution in [1.29, 1.82) is 0 Å². The van der Waals surface area contributed by atoms with E-state index in [2.05, 4.69) is 10.3 Å². The molecular formula is C13H14Cl2N2S. The average molecular weight is 301 g/mol. The molecule has 0 amide bonds. The zero-order valence-corrected chi connectivity index (χ0v) is 12.4. The summed E-state index contributed by atoms with van der Waals surface area (Å²) in [6, 6.07) is 3.79. The van der Waals surface area contributed by atoms with Gasteiger partial charge in [-0.3, -0.25) is 4.99 Å². The standard InChI is InChI=1S/C13H14Cl2N2S/c1-7-2-5-9(14)12(11(7)15)17-13-16-6-10(18-13)8-3-4-8/h2,5,8,10H,3-4,6H2,1H3,(H,16,17). The third kappa shape index (κ3) is 2.49. The maximum Gasteiger partial charge on any atom is 0.161 e. The molecular weight excluding hydrogens is 287 g/mol. The molecule has 1 aliphatic heterocycles. The van der Waals surface area contributed by atoms with Gasteiger partial charge in [-0.1, -0.05) is 41.0 Å². The van der Waals surface area contributed by atoms with Gasteiger partial charge in [0.2, 0.25) is 0 Å². The van der Waals surface area contributed by atoms with Crippen LogP contribution in [0.4, 0.5) is 5.69 Å². The number of halogens is 2. The molecule has 2 aliphatic rings. The van der Waals surface area contributed by atoms with E-state index in [-0.39, 0.29) is 0 Å². The van der Waals surface area contributed by atoms with Crippen molar-refractivity contribution in [2.45, 2.75) is 25.0 Å². The van der Waals surface area contributed by atoms with Crippen LogP contribution in [0.2, 0.25) is 10.0 Å². The van der Waals surface area contributed by atoms with Crippen molar-refractivity contribution in [3.05, 3.63) is 27.7 Å². The lowest BCUT2D eigenvalue weighted by Crippen LogP contribution is -2.09. The summed E-state index contributed by atoms with van der Waals surface area (Å²) in [4.78, 5) is 4.54. The summed E-state index contributed by atoms with van der Waals surface area (Å²) in [6.45, 7) is 2.89. The van der Waals surface area contributed by atoms with Crippen molar-refractivity contribution in [2.24, 2.45) is 10.9 Å². The van der Waals surface area contributed by atoms with Crippen LogP contribution in [0.15, 0.2) is 17.1 Å². The molecule has 0 aromatic heterocycles. The van der Waals surface area contributed by atoms with E-state index in [4.69, 9.17) is 23.2 Å². The number of hydrogen-bond acceptors (Lipinski definition) is 3. The van der Waals surface area contributed by atoms with Gasteiger partial charge < -0.3 is 5.32 Å². The fraction of sp³-hybridized carbons (Fsp3) is 0.462. The Morgan fingerprint density at radius 1 is 1.33 bits per heavy atom. The number of anilines is 1. The van der Waals surface area contributed by atoms with E-state index in [1.165, 1.54) is 12.8 Å². The first-order chi connectivity index (χ1) is 8.65. The molecule has 0 saturated heterocycles. The number of nitrogens with one attached hydrogen (secondary N) is 1. The molecule has 0 spiro atoms. The average Bonchev–Trinajstić information content (AvgIpc) is 3.10. The molecule has 1 saturated carbocycles.